The monoisotopic (exact) mass is 127 g/mol. The first-order valence-electron chi connectivity index (χ1n) is 3.62. The van der Waals surface area contributed by atoms with E-state index in [1.807, 2.05) is 0 Å². The molecule has 2 fully saturated rings. The normalized spacial score (nSPS) is 49.3. The van der Waals surface area contributed by atoms with E-state index < -0.39 is 0 Å². The standard InChI is InChI=1S/C7H13NO/c1-8-2-5-6(3-8)7(5)4-9/h5-7,9H,2-4H2,1H3/t5-,6+,7-. The number of rotatable bonds is 1. The van der Waals surface area contributed by atoms with Gasteiger partial charge in [0.2, 0.25) is 0 Å². The Labute approximate surface area is 55.5 Å². The van der Waals surface area contributed by atoms with Gasteiger partial charge in [0.1, 0.15) is 0 Å². The van der Waals surface area contributed by atoms with E-state index >= 15 is 0 Å². The molecule has 2 heteroatoms. The van der Waals surface area contributed by atoms with Gasteiger partial charge in [0.25, 0.3) is 0 Å². The number of hydrogen-bond acceptors (Lipinski definition) is 2. The third kappa shape index (κ3) is 0.700. The molecule has 1 aliphatic carbocycles. The van der Waals surface area contributed by atoms with Gasteiger partial charge in [-0.25, -0.2) is 0 Å². The zero-order valence-electron chi connectivity index (χ0n) is 5.75. The van der Waals surface area contributed by atoms with Crippen molar-refractivity contribution in [3.05, 3.63) is 0 Å². The van der Waals surface area contributed by atoms with E-state index in [9.17, 15) is 0 Å². The Morgan fingerprint density at radius 1 is 1.44 bits per heavy atom. The Kier molecular flexibility index (Phi) is 1.08. The van der Waals surface area contributed by atoms with Crippen molar-refractivity contribution in [1.82, 2.24) is 4.90 Å². The van der Waals surface area contributed by atoms with Crippen molar-refractivity contribution in [1.29, 1.82) is 0 Å². The van der Waals surface area contributed by atoms with Crippen LogP contribution < -0.4 is 0 Å². The highest BCUT2D eigenvalue weighted by molar-refractivity contribution is 5.03. The van der Waals surface area contributed by atoms with Crippen LogP contribution in [0.3, 0.4) is 0 Å². The highest BCUT2D eigenvalue weighted by Crippen LogP contribution is 2.50. The number of fused-ring (bicyclic) bond motifs is 1. The van der Waals surface area contributed by atoms with Crippen molar-refractivity contribution in [2.45, 2.75) is 0 Å². The number of nitrogens with zero attached hydrogens (tertiary/aromatic N) is 1. The van der Waals surface area contributed by atoms with E-state index in [1.165, 1.54) is 13.1 Å². The largest absolute Gasteiger partial charge is 0.396 e. The highest BCUT2D eigenvalue weighted by Gasteiger charge is 2.53. The Morgan fingerprint density at radius 3 is 2.44 bits per heavy atom. The molecule has 0 aromatic rings. The third-order valence-corrected chi connectivity index (χ3v) is 2.76. The lowest BCUT2D eigenvalue weighted by molar-refractivity contribution is 0.235. The summed E-state index contributed by atoms with van der Waals surface area (Å²) in [7, 11) is 2.15. The zero-order chi connectivity index (χ0) is 6.43. The van der Waals surface area contributed by atoms with Crippen LogP contribution >= 0.6 is 0 Å². The zero-order valence-corrected chi connectivity index (χ0v) is 5.75. The summed E-state index contributed by atoms with van der Waals surface area (Å²) < 4.78 is 0. The molecule has 0 spiro atoms. The van der Waals surface area contributed by atoms with Gasteiger partial charge in [-0.05, 0) is 24.8 Å². The maximum Gasteiger partial charge on any atom is 0.0465 e. The summed E-state index contributed by atoms with van der Waals surface area (Å²) in [5, 5.41) is 8.78. The lowest BCUT2D eigenvalue weighted by Crippen LogP contribution is -2.19. The molecule has 2 nitrogen and oxygen atoms in total. The molecule has 1 aliphatic heterocycles. The Bertz CT molecular complexity index is 114. The SMILES string of the molecule is CN1C[C@@H]2[C@H](CO)[C@@H]2C1. The number of aliphatic hydroxyl groups excluding tert-OH is 1. The smallest absolute Gasteiger partial charge is 0.0465 e. The van der Waals surface area contributed by atoms with Crippen LogP contribution in [0.15, 0.2) is 0 Å². The first kappa shape index (κ1) is 5.69. The van der Waals surface area contributed by atoms with E-state index in [2.05, 4.69) is 11.9 Å². The summed E-state index contributed by atoms with van der Waals surface area (Å²) in [6.45, 7) is 2.86. The number of likely N-dealkylation sites (tertiary alicyclic amines) is 1. The second-order valence-electron chi connectivity index (χ2n) is 3.40. The van der Waals surface area contributed by atoms with Crippen LogP contribution in [0.4, 0.5) is 0 Å². The van der Waals surface area contributed by atoms with Crippen molar-refractivity contribution in [3.63, 3.8) is 0 Å². The summed E-state index contributed by atoms with van der Waals surface area (Å²) in [5.41, 5.74) is 0. The molecule has 9 heavy (non-hydrogen) atoms. The van der Waals surface area contributed by atoms with Crippen LogP contribution in [-0.2, 0) is 0 Å². The Balaban J connectivity index is 1.91. The van der Waals surface area contributed by atoms with Crippen molar-refractivity contribution in [2.24, 2.45) is 17.8 Å². The minimum Gasteiger partial charge on any atom is -0.396 e. The van der Waals surface area contributed by atoms with Crippen molar-refractivity contribution in [3.8, 4) is 0 Å². The van der Waals surface area contributed by atoms with Gasteiger partial charge in [-0.2, -0.15) is 0 Å². The van der Waals surface area contributed by atoms with Gasteiger partial charge in [-0.15, -0.1) is 0 Å². The molecule has 0 aromatic carbocycles. The van der Waals surface area contributed by atoms with Gasteiger partial charge in [-0.1, -0.05) is 0 Å². The molecule has 1 heterocycles. The lowest BCUT2D eigenvalue weighted by atomic mass is 10.3. The molecule has 0 radical (unpaired) electrons. The van der Waals surface area contributed by atoms with Gasteiger partial charge in [0, 0.05) is 19.7 Å². The van der Waals surface area contributed by atoms with Crippen LogP contribution in [-0.4, -0.2) is 36.8 Å². The Morgan fingerprint density at radius 2 is 2.00 bits per heavy atom. The predicted octanol–water partition coefficient (Wildman–Crippen LogP) is -0.214. The molecule has 0 aromatic heterocycles. The fourth-order valence-corrected chi connectivity index (χ4v) is 2.13. The van der Waals surface area contributed by atoms with Gasteiger partial charge in [-0.3, -0.25) is 0 Å². The van der Waals surface area contributed by atoms with E-state index in [0.717, 1.165) is 11.8 Å². The molecule has 1 saturated heterocycles. The maximum absolute atomic E-state index is 8.78. The lowest BCUT2D eigenvalue weighted by Gasteiger charge is -2.10. The minimum atomic E-state index is 0.420. The second kappa shape index (κ2) is 1.70. The fourth-order valence-electron chi connectivity index (χ4n) is 2.13. The summed E-state index contributed by atoms with van der Waals surface area (Å²) in [6.07, 6.45) is 0. The van der Waals surface area contributed by atoms with E-state index in [-0.39, 0.29) is 0 Å². The van der Waals surface area contributed by atoms with Crippen molar-refractivity contribution < 1.29 is 5.11 Å². The van der Waals surface area contributed by atoms with E-state index in [4.69, 9.17) is 5.11 Å². The van der Waals surface area contributed by atoms with Crippen molar-refractivity contribution in [2.75, 3.05) is 26.7 Å². The Hall–Kier alpha value is -0.0800. The first-order chi connectivity index (χ1) is 4.33. The predicted molar refractivity (Wildman–Crippen MR) is 35.1 cm³/mol. The van der Waals surface area contributed by atoms with Crippen LogP contribution in [0, 0.1) is 17.8 Å². The summed E-state index contributed by atoms with van der Waals surface area (Å²) >= 11 is 0. The van der Waals surface area contributed by atoms with Crippen LogP contribution in [0.25, 0.3) is 0 Å². The first-order valence-corrected chi connectivity index (χ1v) is 3.62. The third-order valence-electron chi connectivity index (χ3n) is 2.76. The summed E-state index contributed by atoms with van der Waals surface area (Å²) in [4.78, 5) is 2.35. The van der Waals surface area contributed by atoms with E-state index in [1.54, 1.807) is 0 Å². The minimum absolute atomic E-state index is 0.420. The molecule has 0 amide bonds. The number of hydrogen-bond donors (Lipinski definition) is 1. The summed E-state index contributed by atoms with van der Waals surface area (Å²) in [6, 6.07) is 0. The molecule has 1 N–H and O–H groups in total. The van der Waals surface area contributed by atoms with Crippen LogP contribution in [0.1, 0.15) is 0 Å². The van der Waals surface area contributed by atoms with Crippen LogP contribution in [0.5, 0.6) is 0 Å². The maximum atomic E-state index is 8.78. The number of piperidine rings is 1. The molecule has 0 unspecified atom stereocenters. The summed E-state index contributed by atoms with van der Waals surface area (Å²) in [5.74, 6) is 2.36. The average molecular weight is 127 g/mol. The molecular weight excluding hydrogens is 114 g/mol. The number of aliphatic hydroxyl groups is 1. The highest BCUT2D eigenvalue weighted by atomic mass is 16.3. The average Bonchev–Trinajstić information content (AvgIpc) is 2.30. The van der Waals surface area contributed by atoms with Gasteiger partial charge in [0.15, 0.2) is 0 Å². The molecule has 2 rings (SSSR count). The molecular formula is C7H13NO. The van der Waals surface area contributed by atoms with Gasteiger partial charge in [0.05, 0.1) is 0 Å². The van der Waals surface area contributed by atoms with E-state index in [0.29, 0.717) is 12.5 Å². The van der Waals surface area contributed by atoms with Crippen LogP contribution in [0.2, 0.25) is 0 Å². The van der Waals surface area contributed by atoms with Gasteiger partial charge < -0.3 is 10.0 Å². The molecule has 2 aliphatic rings. The molecule has 1 saturated carbocycles. The fraction of sp³-hybridized carbons (Fsp3) is 1.00. The molecule has 52 valence electrons. The molecule has 0 bridgehead atoms. The molecule has 3 atom stereocenters. The van der Waals surface area contributed by atoms with Crippen molar-refractivity contribution >= 4 is 0 Å². The second-order valence-corrected chi connectivity index (χ2v) is 3.40. The quantitative estimate of drug-likeness (QED) is 0.526. The van der Waals surface area contributed by atoms with Gasteiger partial charge >= 0.3 is 0 Å². The topological polar surface area (TPSA) is 23.5 Å².